The van der Waals surface area contributed by atoms with Gasteiger partial charge in [-0.2, -0.15) is 5.10 Å². The summed E-state index contributed by atoms with van der Waals surface area (Å²) in [5.74, 6) is -1.94. The van der Waals surface area contributed by atoms with Crippen LogP contribution >= 0.6 is 0 Å². The van der Waals surface area contributed by atoms with Crippen molar-refractivity contribution in [3.05, 3.63) is 21.5 Å². The lowest BCUT2D eigenvalue weighted by Gasteiger charge is -2.15. The van der Waals surface area contributed by atoms with Crippen molar-refractivity contribution in [2.75, 3.05) is 0 Å². The fraction of sp³-hybridized carbons (Fsp3) is 0.667. The summed E-state index contributed by atoms with van der Waals surface area (Å²) in [7, 11) is 0. The molecule has 0 radical (unpaired) electrons. The van der Waals surface area contributed by atoms with Crippen LogP contribution in [0.15, 0.2) is 0 Å². The zero-order valence-corrected chi connectivity index (χ0v) is 11.6. The minimum absolute atomic E-state index is 0.124. The molecule has 1 unspecified atom stereocenters. The first-order valence-electron chi connectivity index (χ1n) is 6.27. The first-order chi connectivity index (χ1) is 8.81. The van der Waals surface area contributed by atoms with Crippen molar-refractivity contribution in [1.82, 2.24) is 9.78 Å². The van der Waals surface area contributed by atoms with Crippen LogP contribution in [0.1, 0.15) is 57.0 Å². The molecule has 1 aromatic rings. The van der Waals surface area contributed by atoms with Crippen LogP contribution in [0.4, 0.5) is 5.69 Å². The Hall–Kier alpha value is -1.92. The highest BCUT2D eigenvalue weighted by Crippen LogP contribution is 2.34. The molecule has 106 valence electrons. The average molecular weight is 269 g/mol. The van der Waals surface area contributed by atoms with Gasteiger partial charge in [0.15, 0.2) is 0 Å². The van der Waals surface area contributed by atoms with Crippen molar-refractivity contribution in [3.63, 3.8) is 0 Å². The minimum atomic E-state index is -1.05. The number of hydrogen-bond acceptors (Lipinski definition) is 4. The summed E-state index contributed by atoms with van der Waals surface area (Å²) in [6.07, 6.45) is 0.991. The van der Waals surface area contributed by atoms with Gasteiger partial charge in [0.1, 0.15) is 17.3 Å². The lowest BCUT2D eigenvalue weighted by Crippen LogP contribution is -2.19. The van der Waals surface area contributed by atoms with E-state index in [1.807, 2.05) is 20.8 Å². The number of carboxylic acid groups (broad SMARTS) is 1. The molecule has 7 nitrogen and oxygen atoms in total. The predicted molar refractivity (Wildman–Crippen MR) is 69.3 cm³/mol. The first-order valence-corrected chi connectivity index (χ1v) is 6.27. The van der Waals surface area contributed by atoms with Gasteiger partial charge in [0, 0.05) is 6.04 Å². The first kappa shape index (κ1) is 15.1. The number of hydrogen-bond donors (Lipinski definition) is 1. The van der Waals surface area contributed by atoms with E-state index in [9.17, 15) is 20.0 Å². The zero-order valence-electron chi connectivity index (χ0n) is 11.6. The van der Waals surface area contributed by atoms with Crippen molar-refractivity contribution in [2.24, 2.45) is 0 Å². The number of nitrogens with zero attached hydrogens (tertiary/aromatic N) is 3. The van der Waals surface area contributed by atoms with Crippen LogP contribution in [0.5, 0.6) is 0 Å². The third-order valence-corrected chi connectivity index (χ3v) is 2.97. The Labute approximate surface area is 111 Å². The van der Waals surface area contributed by atoms with Crippen LogP contribution in [-0.4, -0.2) is 25.8 Å². The van der Waals surface area contributed by atoms with Crippen molar-refractivity contribution in [1.29, 1.82) is 0 Å². The summed E-state index contributed by atoms with van der Waals surface area (Å²) in [5, 5.41) is 24.6. The Morgan fingerprint density at radius 1 is 1.53 bits per heavy atom. The van der Waals surface area contributed by atoms with Gasteiger partial charge in [-0.15, -0.1) is 0 Å². The molecule has 0 bridgehead atoms. The second-order valence-corrected chi connectivity index (χ2v) is 4.79. The molecule has 0 aliphatic heterocycles. The molecular formula is C12H19N3O4. The number of aliphatic carboxylic acids is 1. The van der Waals surface area contributed by atoms with E-state index >= 15 is 0 Å². The lowest BCUT2D eigenvalue weighted by molar-refractivity contribution is -0.386. The number of aryl methyl sites for hydroxylation is 1. The molecule has 1 N–H and O–H groups in total. The third kappa shape index (κ3) is 2.91. The summed E-state index contributed by atoms with van der Waals surface area (Å²) in [5.41, 5.74) is 0.289. The van der Waals surface area contributed by atoms with Gasteiger partial charge in [0.25, 0.3) is 0 Å². The summed E-state index contributed by atoms with van der Waals surface area (Å²) in [4.78, 5) is 22.0. The number of carboxylic acids is 1. The van der Waals surface area contributed by atoms with Gasteiger partial charge >= 0.3 is 11.7 Å². The highest BCUT2D eigenvalue weighted by atomic mass is 16.6. The fourth-order valence-corrected chi connectivity index (χ4v) is 2.17. The maximum Gasteiger partial charge on any atom is 0.313 e. The standard InChI is InChI=1S/C12H19N3O4/c1-5-6-9(12(16)17)11-10(15(18)19)8(4)13-14(11)7(2)3/h7,9H,5-6H2,1-4H3,(H,16,17). The highest BCUT2D eigenvalue weighted by molar-refractivity contribution is 5.77. The Morgan fingerprint density at radius 3 is 2.47 bits per heavy atom. The summed E-state index contributed by atoms with van der Waals surface area (Å²) in [6, 6.07) is -0.124. The van der Waals surface area contributed by atoms with Crippen LogP contribution in [0, 0.1) is 17.0 Å². The summed E-state index contributed by atoms with van der Waals surface area (Å²) >= 11 is 0. The van der Waals surface area contributed by atoms with Gasteiger partial charge in [0.2, 0.25) is 0 Å². The SMILES string of the molecule is CCCC(C(=O)O)c1c([N+](=O)[O-])c(C)nn1C(C)C. The molecule has 0 amide bonds. The van der Waals surface area contributed by atoms with Crippen molar-refractivity contribution in [2.45, 2.75) is 52.5 Å². The van der Waals surface area contributed by atoms with E-state index < -0.39 is 16.8 Å². The van der Waals surface area contributed by atoms with Crippen LogP contribution in [-0.2, 0) is 4.79 Å². The molecular weight excluding hydrogens is 250 g/mol. The minimum Gasteiger partial charge on any atom is -0.481 e. The molecule has 7 heteroatoms. The molecule has 0 aliphatic carbocycles. The van der Waals surface area contributed by atoms with Crippen LogP contribution in [0.25, 0.3) is 0 Å². The Bertz CT molecular complexity index is 493. The lowest BCUT2D eigenvalue weighted by atomic mass is 9.98. The van der Waals surface area contributed by atoms with Crippen molar-refractivity contribution in [3.8, 4) is 0 Å². The van der Waals surface area contributed by atoms with Crippen LogP contribution in [0.3, 0.4) is 0 Å². The summed E-state index contributed by atoms with van der Waals surface area (Å²) < 4.78 is 1.46. The zero-order chi connectivity index (χ0) is 14.7. The monoisotopic (exact) mass is 269 g/mol. The maximum absolute atomic E-state index is 11.4. The molecule has 0 spiro atoms. The summed E-state index contributed by atoms with van der Waals surface area (Å²) in [6.45, 7) is 7.03. The van der Waals surface area contributed by atoms with Crippen molar-refractivity contribution < 1.29 is 14.8 Å². The maximum atomic E-state index is 11.4. The number of rotatable bonds is 6. The molecule has 19 heavy (non-hydrogen) atoms. The van der Waals surface area contributed by atoms with E-state index in [4.69, 9.17) is 0 Å². The Kier molecular flexibility index (Phi) is 4.63. The van der Waals surface area contributed by atoms with Gasteiger partial charge in [0.05, 0.1) is 4.92 Å². The normalized spacial score (nSPS) is 12.7. The molecule has 0 saturated carbocycles. The number of nitro groups is 1. The molecule has 1 aromatic heterocycles. The molecule has 0 aliphatic rings. The van der Waals surface area contributed by atoms with E-state index in [-0.39, 0.29) is 23.1 Å². The highest BCUT2D eigenvalue weighted by Gasteiger charge is 2.35. The van der Waals surface area contributed by atoms with Crippen LogP contribution < -0.4 is 0 Å². The van der Waals surface area contributed by atoms with Crippen molar-refractivity contribution >= 4 is 11.7 Å². The second kappa shape index (κ2) is 5.81. The Morgan fingerprint density at radius 2 is 2.11 bits per heavy atom. The smallest absolute Gasteiger partial charge is 0.313 e. The molecule has 0 aromatic carbocycles. The van der Waals surface area contributed by atoms with E-state index in [1.54, 1.807) is 0 Å². The fourth-order valence-electron chi connectivity index (χ4n) is 2.17. The van der Waals surface area contributed by atoms with E-state index in [2.05, 4.69) is 5.10 Å². The second-order valence-electron chi connectivity index (χ2n) is 4.79. The molecule has 1 atom stereocenters. The van der Waals surface area contributed by atoms with E-state index in [1.165, 1.54) is 11.6 Å². The van der Waals surface area contributed by atoms with Gasteiger partial charge in [-0.25, -0.2) is 0 Å². The molecule has 1 heterocycles. The topological polar surface area (TPSA) is 98.3 Å². The van der Waals surface area contributed by atoms with Gasteiger partial charge in [-0.1, -0.05) is 13.3 Å². The average Bonchev–Trinajstić information content (AvgIpc) is 2.63. The molecule has 0 fully saturated rings. The van der Waals surface area contributed by atoms with Gasteiger partial charge < -0.3 is 5.11 Å². The molecule has 0 saturated heterocycles. The third-order valence-electron chi connectivity index (χ3n) is 2.97. The number of carbonyl (C=O) groups is 1. The quantitative estimate of drug-likeness (QED) is 0.632. The van der Waals surface area contributed by atoms with Gasteiger partial charge in [-0.3, -0.25) is 19.6 Å². The Balaban J connectivity index is 3.51. The van der Waals surface area contributed by atoms with E-state index in [0.29, 0.717) is 12.8 Å². The predicted octanol–water partition coefficient (Wildman–Crippen LogP) is 2.65. The molecule has 1 rings (SSSR count). The van der Waals surface area contributed by atoms with Gasteiger partial charge in [-0.05, 0) is 27.2 Å². The number of aromatic nitrogens is 2. The largest absolute Gasteiger partial charge is 0.481 e. The van der Waals surface area contributed by atoms with Crippen LogP contribution in [0.2, 0.25) is 0 Å². The van der Waals surface area contributed by atoms with E-state index in [0.717, 1.165) is 0 Å².